The van der Waals surface area contributed by atoms with Gasteiger partial charge >= 0.3 is 5.82 Å². The molecule has 0 amide bonds. The molecule has 1 aromatic rings. The minimum Gasteiger partial charge on any atom is -0.488 e. The highest BCUT2D eigenvalue weighted by molar-refractivity contribution is 5.83. The normalized spacial score (nSPS) is 10.2. The van der Waals surface area contributed by atoms with Crippen LogP contribution in [0.4, 0.5) is 14.6 Å². The van der Waals surface area contributed by atoms with Gasteiger partial charge in [0.2, 0.25) is 5.75 Å². The highest BCUT2D eigenvalue weighted by Gasteiger charge is 2.27. The van der Waals surface area contributed by atoms with Crippen molar-refractivity contribution in [3.05, 3.63) is 27.4 Å². The minimum atomic E-state index is -2.96. The average molecular weight is 232 g/mol. The van der Waals surface area contributed by atoms with Gasteiger partial charge in [-0.2, -0.15) is 0 Å². The SMILES string of the molecule is COc1c([N+](=O)[O-])ncc(C(F)F)c1C=O. The van der Waals surface area contributed by atoms with Crippen LogP contribution >= 0.6 is 0 Å². The number of aromatic nitrogens is 1. The smallest absolute Gasteiger partial charge is 0.406 e. The van der Waals surface area contributed by atoms with E-state index in [2.05, 4.69) is 9.72 Å². The molecule has 8 heteroatoms. The molecule has 0 aliphatic rings. The van der Waals surface area contributed by atoms with Gasteiger partial charge in [-0.05, 0) is 9.91 Å². The summed E-state index contributed by atoms with van der Waals surface area (Å²) in [4.78, 5) is 23.4. The van der Waals surface area contributed by atoms with Crippen molar-refractivity contribution in [2.24, 2.45) is 0 Å². The first-order valence-electron chi connectivity index (χ1n) is 3.97. The quantitative estimate of drug-likeness (QED) is 0.448. The van der Waals surface area contributed by atoms with Crippen LogP contribution in [-0.4, -0.2) is 23.3 Å². The molecular weight excluding hydrogens is 226 g/mol. The topological polar surface area (TPSA) is 82.3 Å². The molecule has 0 radical (unpaired) electrons. The number of methoxy groups -OCH3 is 1. The van der Waals surface area contributed by atoms with Crippen molar-refractivity contribution in [2.75, 3.05) is 7.11 Å². The summed E-state index contributed by atoms with van der Waals surface area (Å²) in [5.41, 5.74) is -1.25. The number of aldehydes is 1. The molecule has 1 heterocycles. The molecular formula is C8H6F2N2O4. The molecule has 86 valence electrons. The summed E-state index contributed by atoms with van der Waals surface area (Å²) in [6.45, 7) is 0. The number of hydrogen-bond donors (Lipinski definition) is 0. The molecule has 0 fully saturated rings. The largest absolute Gasteiger partial charge is 0.488 e. The molecule has 0 unspecified atom stereocenters. The monoisotopic (exact) mass is 232 g/mol. The molecule has 0 atom stereocenters. The highest BCUT2D eigenvalue weighted by atomic mass is 19.3. The van der Waals surface area contributed by atoms with Crippen LogP contribution in [0.25, 0.3) is 0 Å². The molecule has 0 saturated carbocycles. The first kappa shape index (κ1) is 12.0. The van der Waals surface area contributed by atoms with Crippen molar-refractivity contribution < 1.29 is 23.2 Å². The van der Waals surface area contributed by atoms with Crippen molar-refractivity contribution in [3.63, 3.8) is 0 Å². The molecule has 0 aliphatic carbocycles. The number of rotatable bonds is 4. The molecule has 16 heavy (non-hydrogen) atoms. The zero-order valence-electron chi connectivity index (χ0n) is 8.02. The van der Waals surface area contributed by atoms with E-state index < -0.39 is 34.0 Å². The lowest BCUT2D eigenvalue weighted by Crippen LogP contribution is -2.04. The molecule has 0 spiro atoms. The number of carbonyl (C=O) groups is 1. The van der Waals surface area contributed by atoms with Gasteiger partial charge in [-0.25, -0.2) is 8.78 Å². The Bertz CT molecular complexity index is 436. The van der Waals surface area contributed by atoms with E-state index in [1.54, 1.807) is 0 Å². The van der Waals surface area contributed by atoms with Gasteiger partial charge in [0.05, 0.1) is 18.2 Å². The highest BCUT2D eigenvalue weighted by Crippen LogP contribution is 2.33. The zero-order valence-corrected chi connectivity index (χ0v) is 8.02. The van der Waals surface area contributed by atoms with Gasteiger partial charge < -0.3 is 14.9 Å². The lowest BCUT2D eigenvalue weighted by molar-refractivity contribution is -0.390. The van der Waals surface area contributed by atoms with Gasteiger partial charge in [0.15, 0.2) is 6.29 Å². The van der Waals surface area contributed by atoms with E-state index in [4.69, 9.17) is 0 Å². The molecule has 6 nitrogen and oxygen atoms in total. The van der Waals surface area contributed by atoms with Gasteiger partial charge in [-0.15, -0.1) is 0 Å². The van der Waals surface area contributed by atoms with E-state index in [0.29, 0.717) is 6.20 Å². The Balaban J connectivity index is 3.52. The minimum absolute atomic E-state index is 0.0784. The standard InChI is InChI=1S/C8H6F2N2O4/c1-16-6-5(3-13)4(7(9)10)2-11-8(6)12(14)15/h2-3,7H,1H3. The van der Waals surface area contributed by atoms with E-state index >= 15 is 0 Å². The average Bonchev–Trinajstić information content (AvgIpc) is 2.26. The van der Waals surface area contributed by atoms with E-state index in [-0.39, 0.29) is 6.29 Å². The molecule has 0 aromatic carbocycles. The van der Waals surface area contributed by atoms with Gasteiger partial charge in [0.25, 0.3) is 6.43 Å². The Kier molecular flexibility index (Phi) is 3.44. The van der Waals surface area contributed by atoms with Crippen LogP contribution in [0.2, 0.25) is 0 Å². The summed E-state index contributed by atoms with van der Waals surface area (Å²) in [5.74, 6) is -1.33. The third-order valence-corrected chi connectivity index (χ3v) is 1.81. The Morgan fingerprint density at radius 1 is 1.62 bits per heavy atom. The lowest BCUT2D eigenvalue weighted by Gasteiger charge is -2.07. The van der Waals surface area contributed by atoms with Crippen molar-refractivity contribution in [1.82, 2.24) is 4.98 Å². The van der Waals surface area contributed by atoms with Crippen molar-refractivity contribution in [1.29, 1.82) is 0 Å². The van der Waals surface area contributed by atoms with E-state index in [0.717, 1.165) is 7.11 Å². The second-order valence-corrected chi connectivity index (χ2v) is 2.66. The van der Waals surface area contributed by atoms with Gasteiger partial charge in [-0.1, -0.05) is 0 Å². The van der Waals surface area contributed by atoms with E-state index in [1.165, 1.54) is 0 Å². The van der Waals surface area contributed by atoms with E-state index in [9.17, 15) is 23.7 Å². The Hall–Kier alpha value is -2.12. The number of nitrogens with zero attached hydrogens (tertiary/aromatic N) is 2. The van der Waals surface area contributed by atoms with Crippen LogP contribution in [0.1, 0.15) is 22.3 Å². The first-order chi connectivity index (χ1) is 7.52. The second-order valence-electron chi connectivity index (χ2n) is 2.66. The van der Waals surface area contributed by atoms with Crippen LogP contribution in [0, 0.1) is 10.1 Å². The first-order valence-corrected chi connectivity index (χ1v) is 3.97. The maximum Gasteiger partial charge on any atom is 0.406 e. The number of hydrogen-bond acceptors (Lipinski definition) is 5. The number of ether oxygens (including phenoxy) is 1. The maximum absolute atomic E-state index is 12.4. The number of carbonyl (C=O) groups excluding carboxylic acids is 1. The van der Waals surface area contributed by atoms with Gasteiger partial charge in [0, 0.05) is 0 Å². The zero-order chi connectivity index (χ0) is 12.3. The van der Waals surface area contributed by atoms with Gasteiger partial charge in [0.1, 0.15) is 6.20 Å². The molecule has 0 N–H and O–H groups in total. The third-order valence-electron chi connectivity index (χ3n) is 1.81. The lowest BCUT2D eigenvalue weighted by atomic mass is 10.1. The summed E-state index contributed by atoms with van der Waals surface area (Å²) < 4.78 is 29.4. The summed E-state index contributed by atoms with van der Waals surface area (Å²) >= 11 is 0. The maximum atomic E-state index is 12.4. The van der Waals surface area contributed by atoms with Crippen LogP contribution in [0.5, 0.6) is 5.75 Å². The molecule has 0 aliphatic heterocycles. The number of halogens is 2. The fraction of sp³-hybridized carbons (Fsp3) is 0.250. The fourth-order valence-corrected chi connectivity index (χ4v) is 1.14. The number of pyridine rings is 1. The second kappa shape index (κ2) is 4.60. The summed E-state index contributed by atoms with van der Waals surface area (Å²) in [6.07, 6.45) is -2.29. The molecule has 1 aromatic heterocycles. The Labute approximate surface area is 88.0 Å². The predicted molar refractivity (Wildman–Crippen MR) is 47.8 cm³/mol. The fourth-order valence-electron chi connectivity index (χ4n) is 1.14. The van der Waals surface area contributed by atoms with E-state index in [1.807, 2.05) is 0 Å². The molecule has 0 bridgehead atoms. The molecule has 1 rings (SSSR count). The predicted octanol–water partition coefficient (Wildman–Crippen LogP) is 1.75. The van der Waals surface area contributed by atoms with Crippen LogP contribution < -0.4 is 4.74 Å². The van der Waals surface area contributed by atoms with Crippen molar-refractivity contribution >= 4 is 12.1 Å². The summed E-state index contributed by atoms with van der Waals surface area (Å²) in [6, 6.07) is 0. The van der Waals surface area contributed by atoms with Crippen LogP contribution in [0.3, 0.4) is 0 Å². The van der Waals surface area contributed by atoms with Crippen LogP contribution in [-0.2, 0) is 0 Å². The molecule has 0 saturated heterocycles. The Morgan fingerprint density at radius 3 is 2.62 bits per heavy atom. The van der Waals surface area contributed by atoms with Crippen molar-refractivity contribution in [3.8, 4) is 5.75 Å². The van der Waals surface area contributed by atoms with Gasteiger partial charge in [-0.3, -0.25) is 4.79 Å². The summed E-state index contributed by atoms with van der Waals surface area (Å²) in [7, 11) is 1.03. The van der Waals surface area contributed by atoms with Crippen LogP contribution in [0.15, 0.2) is 6.20 Å². The third kappa shape index (κ3) is 1.95. The Morgan fingerprint density at radius 2 is 2.25 bits per heavy atom. The number of alkyl halides is 2. The summed E-state index contributed by atoms with van der Waals surface area (Å²) in [5, 5.41) is 10.5. The van der Waals surface area contributed by atoms with Crippen molar-refractivity contribution in [2.45, 2.75) is 6.43 Å². The number of nitro groups is 1.